The first kappa shape index (κ1) is 37.8. The molecular weight excluding hydrogens is 812 g/mol. The standard InChI is InChI=1S/C36H36Br2N2O8S2/c1-5-7-11-21-17-25(37)31(19(3)35(21)49(43,44)45)39-27-15-16-28(30-29(27)33(41)23-13-9-10-14-24(23)34(30)42)40-32-20(4)36(50(46,47)48)22(12-8-6-2)18-26(32)38/h9-10,13-18,39-40H,5-8,11-12H2,1-4H3,(H,43,44,45)(H,46,47,48). The van der Waals surface area contributed by atoms with Crippen LogP contribution in [0.2, 0.25) is 0 Å². The van der Waals surface area contributed by atoms with Crippen LogP contribution in [0.25, 0.3) is 0 Å². The van der Waals surface area contributed by atoms with Gasteiger partial charge in [-0.05, 0) is 118 Å². The molecule has 0 bridgehead atoms. The predicted molar refractivity (Wildman–Crippen MR) is 201 cm³/mol. The predicted octanol–water partition coefficient (Wildman–Crippen LogP) is 9.27. The van der Waals surface area contributed by atoms with E-state index in [4.69, 9.17) is 0 Å². The molecule has 0 radical (unpaired) electrons. The van der Waals surface area contributed by atoms with E-state index in [1.54, 1.807) is 62.4 Å². The minimum Gasteiger partial charge on any atom is -0.354 e. The molecule has 50 heavy (non-hydrogen) atoms. The van der Waals surface area contributed by atoms with Gasteiger partial charge in [-0.2, -0.15) is 16.8 Å². The number of aryl methyl sites for hydroxylation is 2. The van der Waals surface area contributed by atoms with Gasteiger partial charge in [0.25, 0.3) is 20.2 Å². The first-order chi connectivity index (χ1) is 23.5. The fourth-order valence-corrected chi connectivity index (χ4v) is 9.79. The maximum atomic E-state index is 14.2. The first-order valence-electron chi connectivity index (χ1n) is 16.0. The van der Waals surface area contributed by atoms with Crippen molar-refractivity contribution in [3.05, 3.63) is 102 Å². The van der Waals surface area contributed by atoms with E-state index in [-0.39, 0.29) is 65.9 Å². The van der Waals surface area contributed by atoms with Crippen molar-refractivity contribution in [1.29, 1.82) is 0 Å². The molecule has 14 heteroatoms. The fourth-order valence-electron chi connectivity index (χ4n) is 6.48. The molecule has 0 unspecified atom stereocenters. The summed E-state index contributed by atoms with van der Waals surface area (Å²) in [4.78, 5) is 28.0. The van der Waals surface area contributed by atoms with Crippen LogP contribution in [-0.2, 0) is 33.1 Å². The second-order valence-electron chi connectivity index (χ2n) is 12.2. The molecular formula is C36H36Br2N2O8S2. The van der Waals surface area contributed by atoms with Gasteiger partial charge in [0.2, 0.25) is 0 Å². The van der Waals surface area contributed by atoms with E-state index in [9.17, 15) is 35.5 Å². The average molecular weight is 849 g/mol. The van der Waals surface area contributed by atoms with Crippen molar-refractivity contribution in [3.63, 3.8) is 0 Å². The summed E-state index contributed by atoms with van der Waals surface area (Å²) in [6.45, 7) is 7.04. The maximum absolute atomic E-state index is 14.2. The summed E-state index contributed by atoms with van der Waals surface area (Å²) < 4.78 is 71.8. The SMILES string of the molecule is CCCCc1cc(Br)c(Nc2ccc(Nc3c(Br)cc(CCCC)c(S(=O)(=O)O)c3C)c3c2C(=O)c2ccccc2C3=O)c(C)c1S(=O)(=O)O. The van der Waals surface area contributed by atoms with Crippen molar-refractivity contribution in [2.24, 2.45) is 0 Å². The summed E-state index contributed by atoms with van der Waals surface area (Å²) in [5, 5.41) is 6.34. The Kier molecular flexibility index (Phi) is 11.1. The molecule has 0 fully saturated rings. The summed E-state index contributed by atoms with van der Waals surface area (Å²) in [6.07, 6.45) is 3.84. The molecule has 1 aliphatic rings. The number of fused-ring (bicyclic) bond motifs is 2. The Balaban J connectivity index is 1.72. The van der Waals surface area contributed by atoms with Crippen LogP contribution in [0.5, 0.6) is 0 Å². The van der Waals surface area contributed by atoms with Gasteiger partial charge in [0.05, 0.1) is 33.9 Å². The van der Waals surface area contributed by atoms with Crippen LogP contribution in [0.15, 0.2) is 67.3 Å². The lowest BCUT2D eigenvalue weighted by Crippen LogP contribution is -2.23. The van der Waals surface area contributed by atoms with E-state index in [1.165, 1.54) is 0 Å². The van der Waals surface area contributed by atoms with Crippen LogP contribution in [0.3, 0.4) is 0 Å². The number of unbranched alkanes of at least 4 members (excludes halogenated alkanes) is 2. The molecule has 0 aliphatic heterocycles. The lowest BCUT2D eigenvalue weighted by Gasteiger charge is -2.26. The number of carbonyl (C=O) groups is 2. The number of halogens is 2. The minimum absolute atomic E-state index is 0.0109. The van der Waals surface area contributed by atoms with Crippen molar-refractivity contribution >= 4 is 86.4 Å². The largest absolute Gasteiger partial charge is 0.354 e. The Morgan fingerprint density at radius 3 is 1.32 bits per heavy atom. The monoisotopic (exact) mass is 846 g/mol. The molecule has 0 saturated heterocycles. The Labute approximate surface area is 308 Å². The molecule has 0 spiro atoms. The average Bonchev–Trinajstić information content (AvgIpc) is 3.03. The first-order valence-corrected chi connectivity index (χ1v) is 20.5. The van der Waals surface area contributed by atoms with Crippen molar-refractivity contribution < 1.29 is 35.5 Å². The summed E-state index contributed by atoms with van der Waals surface area (Å²) in [5.41, 5.74) is 2.67. The van der Waals surface area contributed by atoms with E-state index in [0.29, 0.717) is 45.8 Å². The minimum atomic E-state index is -4.63. The van der Waals surface area contributed by atoms with Crippen LogP contribution in [0.4, 0.5) is 22.7 Å². The fraction of sp³-hybridized carbons (Fsp3) is 0.278. The second kappa shape index (κ2) is 14.7. The van der Waals surface area contributed by atoms with Gasteiger partial charge in [-0.15, -0.1) is 0 Å². The lowest BCUT2D eigenvalue weighted by molar-refractivity contribution is 0.0980. The maximum Gasteiger partial charge on any atom is 0.295 e. The summed E-state index contributed by atoms with van der Waals surface area (Å²) in [6, 6.07) is 12.8. The number of hydrogen-bond donors (Lipinski definition) is 4. The summed E-state index contributed by atoms with van der Waals surface area (Å²) in [5.74, 6) is -0.928. The molecule has 264 valence electrons. The van der Waals surface area contributed by atoms with Gasteiger partial charge >= 0.3 is 0 Å². The molecule has 4 N–H and O–H groups in total. The third kappa shape index (κ3) is 7.19. The van der Waals surface area contributed by atoms with Gasteiger partial charge in [0.1, 0.15) is 9.79 Å². The number of hydrogen-bond acceptors (Lipinski definition) is 8. The molecule has 5 rings (SSSR count). The highest BCUT2D eigenvalue weighted by atomic mass is 79.9. The van der Waals surface area contributed by atoms with Gasteiger partial charge in [-0.1, -0.05) is 51.0 Å². The molecule has 10 nitrogen and oxygen atoms in total. The molecule has 0 atom stereocenters. The zero-order valence-corrected chi connectivity index (χ0v) is 32.6. The van der Waals surface area contributed by atoms with Gasteiger partial charge in [-0.25, -0.2) is 0 Å². The molecule has 0 saturated carbocycles. The molecule has 1 aliphatic carbocycles. The zero-order valence-electron chi connectivity index (χ0n) is 27.8. The van der Waals surface area contributed by atoms with Crippen LogP contribution < -0.4 is 10.6 Å². The van der Waals surface area contributed by atoms with E-state index < -0.39 is 31.8 Å². The van der Waals surface area contributed by atoms with Crippen LogP contribution >= 0.6 is 31.9 Å². The van der Waals surface area contributed by atoms with Crippen molar-refractivity contribution in [1.82, 2.24) is 0 Å². The third-order valence-corrected chi connectivity index (χ3v) is 12.2. The smallest absolute Gasteiger partial charge is 0.295 e. The molecule has 4 aromatic carbocycles. The molecule has 4 aromatic rings. The topological polar surface area (TPSA) is 167 Å². The molecule has 0 aromatic heterocycles. The van der Waals surface area contributed by atoms with E-state index >= 15 is 0 Å². The number of benzene rings is 4. The van der Waals surface area contributed by atoms with Crippen LogP contribution in [-0.4, -0.2) is 37.5 Å². The van der Waals surface area contributed by atoms with Crippen molar-refractivity contribution in [3.8, 4) is 0 Å². The Hall–Kier alpha value is -3.40. The lowest BCUT2D eigenvalue weighted by atomic mass is 9.82. The van der Waals surface area contributed by atoms with E-state index in [2.05, 4.69) is 42.5 Å². The number of rotatable bonds is 12. The van der Waals surface area contributed by atoms with Crippen LogP contribution in [0, 0.1) is 13.8 Å². The van der Waals surface area contributed by atoms with E-state index in [0.717, 1.165) is 12.8 Å². The molecule has 0 heterocycles. The quantitative estimate of drug-likeness (QED) is 0.0889. The van der Waals surface area contributed by atoms with Gasteiger partial charge in [0.15, 0.2) is 11.6 Å². The Morgan fingerprint density at radius 2 is 1.00 bits per heavy atom. The molecule has 0 amide bonds. The van der Waals surface area contributed by atoms with E-state index in [1.807, 2.05) is 13.8 Å². The highest BCUT2D eigenvalue weighted by Crippen LogP contribution is 2.44. The summed E-state index contributed by atoms with van der Waals surface area (Å²) >= 11 is 7.08. The van der Waals surface area contributed by atoms with Crippen LogP contribution in [0.1, 0.15) is 93.6 Å². The van der Waals surface area contributed by atoms with Gasteiger partial charge < -0.3 is 10.6 Å². The van der Waals surface area contributed by atoms with Crippen molar-refractivity contribution in [2.45, 2.75) is 76.0 Å². The number of anilines is 4. The highest BCUT2D eigenvalue weighted by molar-refractivity contribution is 9.11. The Morgan fingerprint density at radius 1 is 0.640 bits per heavy atom. The number of ketones is 2. The third-order valence-electron chi connectivity index (χ3n) is 8.80. The van der Waals surface area contributed by atoms with Gasteiger partial charge in [0, 0.05) is 20.1 Å². The number of nitrogens with one attached hydrogen (secondary N) is 2. The zero-order chi connectivity index (χ0) is 36.7. The summed E-state index contributed by atoms with van der Waals surface area (Å²) in [7, 11) is -9.26. The normalized spacial score (nSPS) is 12.9. The second-order valence-corrected chi connectivity index (χ2v) is 16.6. The Bertz CT molecular complexity index is 2130. The van der Waals surface area contributed by atoms with Gasteiger partial charge in [-0.3, -0.25) is 18.7 Å². The number of carbonyl (C=O) groups excluding carboxylic acids is 2. The highest BCUT2D eigenvalue weighted by Gasteiger charge is 2.35. The van der Waals surface area contributed by atoms with Crippen molar-refractivity contribution in [2.75, 3.05) is 10.6 Å².